The quantitative estimate of drug-likeness (QED) is 0.415. The first-order valence-electron chi connectivity index (χ1n) is 10.1. The predicted octanol–water partition coefficient (Wildman–Crippen LogP) is 5.33. The van der Waals surface area contributed by atoms with E-state index in [1.54, 1.807) is 19.9 Å². The van der Waals surface area contributed by atoms with Gasteiger partial charge in [-0.25, -0.2) is 4.79 Å². The third kappa shape index (κ3) is 5.39. The molecule has 176 valence electrons. The topological polar surface area (TPSA) is 84.2 Å². The predicted molar refractivity (Wildman–Crippen MR) is 112 cm³/mol. The van der Waals surface area contributed by atoms with Gasteiger partial charge in [-0.1, -0.05) is 12.1 Å². The summed E-state index contributed by atoms with van der Waals surface area (Å²) in [5.41, 5.74) is -1.41. The van der Waals surface area contributed by atoms with Crippen molar-refractivity contribution >= 4 is 16.9 Å². The van der Waals surface area contributed by atoms with Crippen LogP contribution in [0.1, 0.15) is 26.5 Å². The normalized spacial score (nSPS) is 12.3. The molecule has 33 heavy (non-hydrogen) atoms. The van der Waals surface area contributed by atoms with Crippen LogP contribution in [0.3, 0.4) is 0 Å². The number of hydrogen-bond acceptors (Lipinski definition) is 7. The Morgan fingerprint density at radius 2 is 1.76 bits per heavy atom. The standard InChI is InChI=1S/C23H21F3O7/c1-4-29-16-8-6-7-9-17(16)32-20-19(27)15-11-10-14(31-13(3)22(28)30-5-2)12-18(15)33-21(20)23(24,25)26/h6-13H,4-5H2,1-3H3. The van der Waals surface area contributed by atoms with E-state index in [-0.39, 0.29) is 41.4 Å². The number of alkyl halides is 3. The summed E-state index contributed by atoms with van der Waals surface area (Å²) in [4.78, 5) is 24.7. The molecule has 1 heterocycles. The maximum Gasteiger partial charge on any atom is 0.453 e. The van der Waals surface area contributed by atoms with Crippen molar-refractivity contribution in [1.82, 2.24) is 0 Å². The van der Waals surface area contributed by atoms with E-state index in [2.05, 4.69) is 0 Å². The molecule has 0 fully saturated rings. The summed E-state index contributed by atoms with van der Waals surface area (Å²) in [5, 5.41) is -0.164. The highest BCUT2D eigenvalue weighted by Crippen LogP contribution is 2.40. The molecule has 0 saturated heterocycles. The van der Waals surface area contributed by atoms with Crippen molar-refractivity contribution in [2.24, 2.45) is 0 Å². The van der Waals surface area contributed by atoms with E-state index in [1.807, 2.05) is 0 Å². The number of carbonyl (C=O) groups excluding carboxylic acids is 1. The van der Waals surface area contributed by atoms with Crippen LogP contribution in [0, 0.1) is 0 Å². The monoisotopic (exact) mass is 466 g/mol. The van der Waals surface area contributed by atoms with Gasteiger partial charge in [0.05, 0.1) is 18.6 Å². The first kappa shape index (κ1) is 24.0. The first-order valence-corrected chi connectivity index (χ1v) is 10.1. The van der Waals surface area contributed by atoms with Crippen LogP contribution in [0.5, 0.6) is 23.0 Å². The Morgan fingerprint density at radius 3 is 2.39 bits per heavy atom. The van der Waals surface area contributed by atoms with E-state index in [0.717, 1.165) is 6.07 Å². The number of rotatable bonds is 8. The zero-order chi connectivity index (χ0) is 24.2. The van der Waals surface area contributed by atoms with E-state index in [0.29, 0.717) is 0 Å². The molecule has 0 aliphatic heterocycles. The molecule has 0 amide bonds. The van der Waals surface area contributed by atoms with E-state index >= 15 is 0 Å². The second-order valence-electron chi connectivity index (χ2n) is 6.74. The number of esters is 1. The molecule has 1 aromatic heterocycles. The molecule has 0 saturated carbocycles. The van der Waals surface area contributed by atoms with Gasteiger partial charge >= 0.3 is 12.1 Å². The van der Waals surface area contributed by atoms with Gasteiger partial charge in [0.2, 0.25) is 11.2 Å². The summed E-state index contributed by atoms with van der Waals surface area (Å²) in [6, 6.07) is 9.69. The molecular weight excluding hydrogens is 445 g/mol. The van der Waals surface area contributed by atoms with Crippen LogP contribution < -0.4 is 19.6 Å². The van der Waals surface area contributed by atoms with Crippen molar-refractivity contribution in [2.75, 3.05) is 13.2 Å². The highest BCUT2D eigenvalue weighted by atomic mass is 19.4. The molecule has 0 spiro atoms. The highest BCUT2D eigenvalue weighted by Gasteiger charge is 2.40. The lowest BCUT2D eigenvalue weighted by molar-refractivity contribution is -0.154. The number of halogens is 3. The fourth-order valence-corrected chi connectivity index (χ4v) is 2.94. The van der Waals surface area contributed by atoms with Gasteiger partial charge in [0.1, 0.15) is 11.3 Å². The van der Waals surface area contributed by atoms with Crippen molar-refractivity contribution < 1.29 is 41.3 Å². The van der Waals surface area contributed by atoms with Gasteiger partial charge in [0.25, 0.3) is 5.76 Å². The third-order valence-electron chi connectivity index (χ3n) is 4.37. The maximum absolute atomic E-state index is 13.8. The van der Waals surface area contributed by atoms with Crippen molar-refractivity contribution in [3.8, 4) is 23.0 Å². The summed E-state index contributed by atoms with van der Waals surface area (Å²) in [6.45, 7) is 5.13. The number of ether oxygens (including phenoxy) is 4. The van der Waals surface area contributed by atoms with Gasteiger partial charge in [0, 0.05) is 6.07 Å². The summed E-state index contributed by atoms with van der Waals surface area (Å²) in [7, 11) is 0. The van der Waals surface area contributed by atoms with E-state index in [1.165, 1.54) is 37.3 Å². The van der Waals surface area contributed by atoms with Crippen LogP contribution >= 0.6 is 0 Å². The summed E-state index contributed by atoms with van der Waals surface area (Å²) >= 11 is 0. The summed E-state index contributed by atoms with van der Waals surface area (Å²) in [5.74, 6) is -3.15. The largest absolute Gasteiger partial charge is 0.490 e. The Morgan fingerprint density at radius 1 is 1.06 bits per heavy atom. The lowest BCUT2D eigenvalue weighted by Crippen LogP contribution is -2.26. The van der Waals surface area contributed by atoms with Gasteiger partial charge in [0.15, 0.2) is 17.6 Å². The maximum atomic E-state index is 13.8. The smallest absolute Gasteiger partial charge is 0.453 e. The third-order valence-corrected chi connectivity index (χ3v) is 4.37. The molecule has 0 aliphatic carbocycles. The number of para-hydroxylation sites is 2. The van der Waals surface area contributed by atoms with Crippen LogP contribution in [0.2, 0.25) is 0 Å². The first-order chi connectivity index (χ1) is 15.7. The fourth-order valence-electron chi connectivity index (χ4n) is 2.94. The Balaban J connectivity index is 2.07. The molecule has 0 bridgehead atoms. The SMILES string of the molecule is CCOC(=O)C(C)Oc1ccc2c(=O)c(Oc3ccccc3OCC)c(C(F)(F)F)oc2c1. The minimum atomic E-state index is -5.03. The molecule has 0 N–H and O–H groups in total. The molecule has 0 aliphatic rings. The van der Waals surface area contributed by atoms with E-state index in [9.17, 15) is 22.8 Å². The van der Waals surface area contributed by atoms with Crippen LogP contribution in [-0.2, 0) is 15.7 Å². The van der Waals surface area contributed by atoms with Crippen LogP contribution in [-0.4, -0.2) is 25.3 Å². The lowest BCUT2D eigenvalue weighted by atomic mass is 10.2. The minimum Gasteiger partial charge on any atom is -0.490 e. The summed E-state index contributed by atoms with van der Waals surface area (Å²) < 4.78 is 67.3. The van der Waals surface area contributed by atoms with Gasteiger partial charge < -0.3 is 23.4 Å². The second kappa shape index (κ2) is 9.85. The van der Waals surface area contributed by atoms with Crippen molar-refractivity contribution in [2.45, 2.75) is 33.1 Å². The zero-order valence-electron chi connectivity index (χ0n) is 18.0. The molecule has 10 heteroatoms. The molecule has 1 atom stereocenters. The Labute approximate surface area is 186 Å². The van der Waals surface area contributed by atoms with E-state index in [4.69, 9.17) is 23.4 Å². The Hall–Kier alpha value is -3.69. The molecule has 3 rings (SSSR count). The Bertz CT molecular complexity index is 1200. The molecule has 2 aromatic carbocycles. The van der Waals surface area contributed by atoms with Crippen molar-refractivity contribution in [1.29, 1.82) is 0 Å². The minimum absolute atomic E-state index is 0.0229. The molecule has 1 unspecified atom stereocenters. The average Bonchev–Trinajstić information content (AvgIpc) is 2.76. The molecule has 7 nitrogen and oxygen atoms in total. The fraction of sp³-hybridized carbons (Fsp3) is 0.304. The van der Waals surface area contributed by atoms with E-state index < -0.39 is 35.2 Å². The van der Waals surface area contributed by atoms with Gasteiger partial charge in [-0.05, 0) is 45.0 Å². The number of carbonyl (C=O) groups is 1. The number of fused-ring (bicyclic) bond motifs is 1. The van der Waals surface area contributed by atoms with Crippen LogP contribution in [0.4, 0.5) is 13.2 Å². The van der Waals surface area contributed by atoms with Crippen LogP contribution in [0.25, 0.3) is 11.0 Å². The van der Waals surface area contributed by atoms with Crippen molar-refractivity contribution in [3.63, 3.8) is 0 Å². The molecular formula is C23H21F3O7. The average molecular weight is 466 g/mol. The molecule has 0 radical (unpaired) electrons. The lowest BCUT2D eigenvalue weighted by Gasteiger charge is -2.16. The Kier molecular flexibility index (Phi) is 7.15. The van der Waals surface area contributed by atoms with Crippen LogP contribution in [0.15, 0.2) is 51.7 Å². The second-order valence-corrected chi connectivity index (χ2v) is 6.74. The summed E-state index contributed by atoms with van der Waals surface area (Å²) in [6.07, 6.45) is -6.05. The zero-order valence-corrected chi connectivity index (χ0v) is 18.0. The van der Waals surface area contributed by atoms with Crippen molar-refractivity contribution in [3.05, 3.63) is 58.4 Å². The highest BCUT2D eigenvalue weighted by molar-refractivity contribution is 5.80. The molecule has 3 aromatic rings. The van der Waals surface area contributed by atoms with Gasteiger partial charge in [-0.15, -0.1) is 0 Å². The number of benzene rings is 2. The van der Waals surface area contributed by atoms with Gasteiger partial charge in [-0.3, -0.25) is 4.79 Å². The number of hydrogen-bond donors (Lipinski definition) is 0. The van der Waals surface area contributed by atoms with Gasteiger partial charge in [-0.2, -0.15) is 13.2 Å².